The van der Waals surface area contributed by atoms with Gasteiger partial charge in [0.2, 0.25) is 0 Å². The lowest BCUT2D eigenvalue weighted by Crippen LogP contribution is -2.53. The average Bonchev–Trinajstić information content (AvgIpc) is 3.28. The van der Waals surface area contributed by atoms with Gasteiger partial charge < -0.3 is 19.5 Å². The number of carbonyl (C=O) groups is 2. The third kappa shape index (κ3) is 3.58. The second kappa shape index (κ2) is 7.52. The zero-order valence-corrected chi connectivity index (χ0v) is 14.5. The predicted molar refractivity (Wildman–Crippen MR) is 91.4 cm³/mol. The maximum absolute atomic E-state index is 12.7. The molecule has 1 aliphatic heterocycles. The van der Waals surface area contributed by atoms with Crippen LogP contribution in [0, 0.1) is 0 Å². The largest absolute Gasteiger partial charge is 0.383 e. The molecule has 8 heteroatoms. The van der Waals surface area contributed by atoms with E-state index in [-0.39, 0.29) is 17.9 Å². The summed E-state index contributed by atoms with van der Waals surface area (Å²) in [5.74, 6) is -0.271. The first kappa shape index (κ1) is 17.2. The number of nitrogens with zero attached hydrogens (tertiary/aromatic N) is 4. The van der Waals surface area contributed by atoms with Gasteiger partial charge in [0.25, 0.3) is 11.8 Å². The van der Waals surface area contributed by atoms with Crippen LogP contribution in [0.3, 0.4) is 0 Å². The number of carbonyl (C=O) groups excluding carboxylic acids is 2. The molecular formula is C17H23N5O3. The van der Waals surface area contributed by atoms with Gasteiger partial charge in [0.1, 0.15) is 11.4 Å². The molecule has 1 aliphatic rings. The Bertz CT molecular complexity index is 751. The molecule has 2 aromatic heterocycles. The molecule has 0 fully saturated rings. The third-order valence-electron chi connectivity index (χ3n) is 4.39. The average molecular weight is 345 g/mol. The molecule has 8 nitrogen and oxygen atoms in total. The zero-order valence-electron chi connectivity index (χ0n) is 14.5. The first-order valence-electron chi connectivity index (χ1n) is 8.40. The minimum Gasteiger partial charge on any atom is -0.383 e. The minimum atomic E-state index is -0.232. The summed E-state index contributed by atoms with van der Waals surface area (Å²) in [6.07, 6.45) is 3.66. The van der Waals surface area contributed by atoms with Crippen molar-refractivity contribution in [2.24, 2.45) is 0 Å². The monoisotopic (exact) mass is 345 g/mol. The highest BCUT2D eigenvalue weighted by molar-refractivity contribution is 5.94. The van der Waals surface area contributed by atoms with Gasteiger partial charge in [0, 0.05) is 45.7 Å². The molecule has 0 spiro atoms. The molecule has 0 saturated heterocycles. The van der Waals surface area contributed by atoms with Crippen LogP contribution in [-0.2, 0) is 17.8 Å². The number of hydrogen-bond acceptors (Lipinski definition) is 4. The van der Waals surface area contributed by atoms with Crippen LogP contribution in [0.25, 0.3) is 0 Å². The standard InChI is InChI=1S/C17H23N5O3/c1-3-21-8-6-14(19-21)16(23)18-11-13-12-20-7-4-5-15(20)17(24)22(13)9-10-25-2/h4-8,13H,3,9-12H2,1-2H3,(H,18,23). The fourth-order valence-electron chi connectivity index (χ4n) is 3.01. The van der Waals surface area contributed by atoms with Gasteiger partial charge in [-0.3, -0.25) is 14.3 Å². The Balaban J connectivity index is 1.68. The van der Waals surface area contributed by atoms with Crippen LogP contribution in [0.5, 0.6) is 0 Å². The van der Waals surface area contributed by atoms with Gasteiger partial charge in [-0.25, -0.2) is 0 Å². The maximum atomic E-state index is 12.7. The molecule has 134 valence electrons. The van der Waals surface area contributed by atoms with Crippen molar-refractivity contribution in [1.82, 2.24) is 24.6 Å². The highest BCUT2D eigenvalue weighted by Gasteiger charge is 2.32. The van der Waals surface area contributed by atoms with E-state index in [0.29, 0.717) is 44.2 Å². The Morgan fingerprint density at radius 2 is 2.24 bits per heavy atom. The molecule has 25 heavy (non-hydrogen) atoms. The Labute approximate surface area is 146 Å². The van der Waals surface area contributed by atoms with Gasteiger partial charge in [0.15, 0.2) is 0 Å². The Kier molecular flexibility index (Phi) is 5.18. The van der Waals surface area contributed by atoms with Crippen molar-refractivity contribution in [3.05, 3.63) is 42.0 Å². The molecule has 0 aromatic carbocycles. The van der Waals surface area contributed by atoms with E-state index in [1.807, 2.05) is 29.8 Å². The van der Waals surface area contributed by atoms with E-state index in [2.05, 4.69) is 10.4 Å². The van der Waals surface area contributed by atoms with Crippen LogP contribution in [0.1, 0.15) is 27.9 Å². The smallest absolute Gasteiger partial charge is 0.271 e. The van der Waals surface area contributed by atoms with Gasteiger partial charge in [-0.15, -0.1) is 0 Å². The quantitative estimate of drug-likeness (QED) is 0.797. The van der Waals surface area contributed by atoms with Crippen molar-refractivity contribution < 1.29 is 14.3 Å². The second-order valence-corrected chi connectivity index (χ2v) is 5.96. The topological polar surface area (TPSA) is 81.4 Å². The summed E-state index contributed by atoms with van der Waals surface area (Å²) < 4.78 is 8.75. The summed E-state index contributed by atoms with van der Waals surface area (Å²) in [5, 5.41) is 7.10. The number of hydrogen-bond donors (Lipinski definition) is 1. The van der Waals surface area contributed by atoms with E-state index in [9.17, 15) is 9.59 Å². The number of methoxy groups -OCH3 is 1. The van der Waals surface area contributed by atoms with Crippen molar-refractivity contribution in [3.8, 4) is 0 Å². The predicted octanol–water partition coefficient (Wildman–Crippen LogP) is 0.605. The first-order valence-corrected chi connectivity index (χ1v) is 8.40. The molecule has 0 aliphatic carbocycles. The van der Waals surface area contributed by atoms with Crippen LogP contribution in [0.4, 0.5) is 0 Å². The van der Waals surface area contributed by atoms with Crippen LogP contribution in [0.2, 0.25) is 0 Å². The number of nitrogens with one attached hydrogen (secondary N) is 1. The third-order valence-corrected chi connectivity index (χ3v) is 4.39. The van der Waals surface area contributed by atoms with E-state index in [4.69, 9.17) is 4.74 Å². The highest BCUT2D eigenvalue weighted by Crippen LogP contribution is 2.18. The molecule has 1 unspecified atom stereocenters. The van der Waals surface area contributed by atoms with Crippen molar-refractivity contribution in [2.45, 2.75) is 26.1 Å². The Morgan fingerprint density at radius 3 is 2.96 bits per heavy atom. The van der Waals surface area contributed by atoms with Crippen LogP contribution in [0.15, 0.2) is 30.6 Å². The summed E-state index contributed by atoms with van der Waals surface area (Å²) in [6.45, 7) is 4.63. The van der Waals surface area contributed by atoms with Gasteiger partial charge in [-0.2, -0.15) is 5.10 Å². The van der Waals surface area contributed by atoms with Gasteiger partial charge >= 0.3 is 0 Å². The molecule has 0 radical (unpaired) electrons. The molecule has 2 amide bonds. The molecule has 3 heterocycles. The van der Waals surface area contributed by atoms with Crippen molar-refractivity contribution in [1.29, 1.82) is 0 Å². The number of ether oxygens (including phenoxy) is 1. The molecule has 0 bridgehead atoms. The Hall–Kier alpha value is -2.61. The summed E-state index contributed by atoms with van der Waals surface area (Å²) in [4.78, 5) is 26.7. The summed E-state index contributed by atoms with van der Waals surface area (Å²) in [6, 6.07) is 5.24. The number of fused-ring (bicyclic) bond motifs is 1. The van der Waals surface area contributed by atoms with Crippen molar-refractivity contribution in [2.75, 3.05) is 26.8 Å². The Morgan fingerprint density at radius 1 is 1.40 bits per heavy atom. The number of rotatable bonds is 7. The highest BCUT2D eigenvalue weighted by atomic mass is 16.5. The van der Waals surface area contributed by atoms with Crippen LogP contribution < -0.4 is 5.32 Å². The number of amides is 2. The van der Waals surface area contributed by atoms with E-state index in [1.54, 1.807) is 29.0 Å². The lowest BCUT2D eigenvalue weighted by atomic mass is 10.1. The molecule has 0 saturated carbocycles. The molecule has 2 aromatic rings. The fraction of sp³-hybridized carbons (Fsp3) is 0.471. The second-order valence-electron chi connectivity index (χ2n) is 5.96. The summed E-state index contributed by atoms with van der Waals surface area (Å²) in [7, 11) is 1.61. The summed E-state index contributed by atoms with van der Waals surface area (Å²) >= 11 is 0. The van der Waals surface area contributed by atoms with E-state index >= 15 is 0 Å². The SMILES string of the molecule is CCn1ccc(C(=O)NCC2Cn3cccc3C(=O)N2CCOC)n1. The lowest BCUT2D eigenvalue weighted by molar-refractivity contribution is 0.0504. The summed E-state index contributed by atoms with van der Waals surface area (Å²) in [5.41, 5.74) is 1.05. The van der Waals surface area contributed by atoms with E-state index in [1.165, 1.54) is 0 Å². The number of aryl methyl sites for hydroxylation is 1. The van der Waals surface area contributed by atoms with Crippen LogP contribution >= 0.6 is 0 Å². The van der Waals surface area contributed by atoms with Gasteiger partial charge in [-0.1, -0.05) is 0 Å². The van der Waals surface area contributed by atoms with Gasteiger partial charge in [0.05, 0.1) is 12.6 Å². The fourth-order valence-corrected chi connectivity index (χ4v) is 3.01. The normalized spacial score (nSPS) is 16.8. The van der Waals surface area contributed by atoms with E-state index < -0.39 is 0 Å². The first-order chi connectivity index (χ1) is 12.1. The number of aromatic nitrogens is 3. The van der Waals surface area contributed by atoms with Crippen molar-refractivity contribution in [3.63, 3.8) is 0 Å². The molecule has 1 N–H and O–H groups in total. The van der Waals surface area contributed by atoms with Gasteiger partial charge in [-0.05, 0) is 25.1 Å². The van der Waals surface area contributed by atoms with Crippen LogP contribution in [-0.4, -0.2) is 63.9 Å². The van der Waals surface area contributed by atoms with E-state index in [0.717, 1.165) is 0 Å². The molecule has 3 rings (SSSR count). The minimum absolute atomic E-state index is 0.0391. The molecule has 1 atom stereocenters. The molecular weight excluding hydrogens is 322 g/mol. The van der Waals surface area contributed by atoms with Crippen molar-refractivity contribution >= 4 is 11.8 Å². The lowest BCUT2D eigenvalue weighted by Gasteiger charge is -2.36. The zero-order chi connectivity index (χ0) is 17.8. The maximum Gasteiger partial charge on any atom is 0.271 e.